The second-order valence-corrected chi connectivity index (χ2v) is 19.2. The lowest BCUT2D eigenvalue weighted by molar-refractivity contribution is -0.143. The standard InChI is InChI=1S/C48H76N14O12/c1-24(2)17-33(43(69)56-28(8)40(66)62-38(26(5)6)47(73)74)58-39(65)27(7)55-44(70)35(19-29-13-10-9-11-14-29)60-46(72)36(21-37(63)64)61-42(68)32(15-12-16-53-48(50)51)57-45(71)34(18-25(3)4)59-41(67)31(49)20-30-22-52-23-54-30/h9-11,13-14,22-28,31-36,38H,12,15-21,49H2,1-8H3,(H,52,54)(H,55,70)(H,56,69)(H,57,71)(H,58,65)(H,59,67)(H,60,72)(H,61,68)(H,62,66)(H,63,64)(H,73,74)(H4,50,51,53)/t27-,28-,31-,32-,33-,34-,35-,36-,38-/m0/s1. The van der Waals surface area contributed by atoms with Crippen LogP contribution in [0.25, 0.3) is 0 Å². The summed E-state index contributed by atoms with van der Waals surface area (Å²) in [5, 5.41) is 39.5. The van der Waals surface area contributed by atoms with Crippen molar-refractivity contribution < 1.29 is 58.2 Å². The molecule has 0 aliphatic rings. The van der Waals surface area contributed by atoms with Crippen molar-refractivity contribution in [1.29, 1.82) is 0 Å². The number of H-pyrrole nitrogens is 1. The van der Waals surface area contributed by atoms with Gasteiger partial charge in [0.05, 0.1) is 18.8 Å². The molecule has 410 valence electrons. The number of imidazole rings is 1. The van der Waals surface area contributed by atoms with Gasteiger partial charge in [-0.2, -0.15) is 0 Å². The number of carbonyl (C=O) groups excluding carboxylic acids is 8. The summed E-state index contributed by atoms with van der Waals surface area (Å²) in [6.45, 7) is 13.1. The second kappa shape index (κ2) is 31.1. The van der Waals surface area contributed by atoms with Crippen molar-refractivity contribution in [2.45, 2.75) is 155 Å². The first kappa shape index (κ1) is 62.5. The van der Waals surface area contributed by atoms with Gasteiger partial charge in [0.1, 0.15) is 48.3 Å². The maximum atomic E-state index is 14.1. The maximum Gasteiger partial charge on any atom is 0.326 e. The second-order valence-electron chi connectivity index (χ2n) is 19.2. The number of aliphatic carboxylic acids is 2. The Labute approximate surface area is 430 Å². The number of aromatic amines is 1. The molecule has 1 aromatic heterocycles. The van der Waals surface area contributed by atoms with Gasteiger partial charge in [-0.25, -0.2) is 9.78 Å². The van der Waals surface area contributed by atoms with E-state index >= 15 is 0 Å². The number of aromatic nitrogens is 2. The van der Waals surface area contributed by atoms with Crippen molar-refractivity contribution >= 4 is 65.2 Å². The summed E-state index contributed by atoms with van der Waals surface area (Å²) < 4.78 is 0. The number of guanidine groups is 1. The number of rotatable bonds is 32. The fourth-order valence-electron chi connectivity index (χ4n) is 7.29. The highest BCUT2D eigenvalue weighted by Crippen LogP contribution is 2.12. The Morgan fingerprint density at radius 2 is 1.07 bits per heavy atom. The number of carboxylic acids is 2. The van der Waals surface area contributed by atoms with Gasteiger partial charge in [0.15, 0.2) is 5.96 Å². The smallest absolute Gasteiger partial charge is 0.326 e. The number of nitrogens with one attached hydrogen (secondary N) is 9. The minimum atomic E-state index is -1.84. The number of hydrogen-bond acceptors (Lipinski definition) is 13. The van der Waals surface area contributed by atoms with Crippen LogP contribution in [-0.4, -0.2) is 146 Å². The Morgan fingerprint density at radius 1 is 0.595 bits per heavy atom. The zero-order valence-corrected chi connectivity index (χ0v) is 43.2. The summed E-state index contributed by atoms with van der Waals surface area (Å²) in [5.74, 6) is -10.6. The van der Waals surface area contributed by atoms with Gasteiger partial charge in [0, 0.05) is 31.3 Å². The van der Waals surface area contributed by atoms with Crippen molar-refractivity contribution in [3.63, 3.8) is 0 Å². The molecule has 26 nitrogen and oxygen atoms in total. The molecule has 74 heavy (non-hydrogen) atoms. The van der Waals surface area contributed by atoms with Crippen molar-refractivity contribution in [2.24, 2.45) is 39.9 Å². The predicted octanol–water partition coefficient (Wildman–Crippen LogP) is -2.20. The van der Waals surface area contributed by atoms with E-state index in [4.69, 9.17) is 17.2 Å². The molecule has 0 unspecified atom stereocenters. The molecule has 0 bridgehead atoms. The lowest BCUT2D eigenvalue weighted by Crippen LogP contribution is -2.60. The van der Waals surface area contributed by atoms with Crippen molar-refractivity contribution in [2.75, 3.05) is 6.54 Å². The molecule has 17 N–H and O–H groups in total. The highest BCUT2D eigenvalue weighted by molar-refractivity contribution is 5.99. The van der Waals surface area contributed by atoms with Crippen LogP contribution in [-0.2, 0) is 60.8 Å². The number of nitrogens with two attached hydrogens (primary N) is 3. The van der Waals surface area contributed by atoms with Crippen LogP contribution in [0.3, 0.4) is 0 Å². The van der Waals surface area contributed by atoms with E-state index in [1.165, 1.54) is 26.4 Å². The third-order valence-corrected chi connectivity index (χ3v) is 11.3. The van der Waals surface area contributed by atoms with Gasteiger partial charge in [-0.1, -0.05) is 71.9 Å². The maximum absolute atomic E-state index is 14.1. The van der Waals surface area contributed by atoms with Gasteiger partial charge in [-0.15, -0.1) is 0 Å². The molecule has 0 aliphatic heterocycles. The first-order valence-electron chi connectivity index (χ1n) is 24.4. The molecule has 0 saturated carbocycles. The van der Waals surface area contributed by atoms with Crippen LogP contribution in [0, 0.1) is 17.8 Å². The average molecular weight is 1040 g/mol. The number of amides is 8. The SMILES string of the molecule is CC(C)C[C@H](NC(=O)[C@H](C)NC(=O)[C@H](Cc1ccccc1)NC(=O)[C@H](CC(=O)O)NC(=O)[C@H](CCCN=C(N)N)NC(=O)[C@H](CC(C)C)NC(=O)[C@@H](N)Cc1cnc[nH]1)C(=O)N[C@@H](C)C(=O)N[C@H](C(=O)O)C(C)C. The van der Waals surface area contributed by atoms with E-state index in [0.717, 1.165) is 0 Å². The molecule has 1 heterocycles. The Morgan fingerprint density at radius 3 is 1.57 bits per heavy atom. The Hall–Kier alpha value is -7.64. The Bertz CT molecular complexity index is 2240. The number of nitrogens with zero attached hydrogens (tertiary/aromatic N) is 2. The van der Waals surface area contributed by atoms with E-state index < -0.39 is 126 Å². The molecular formula is C48H76N14O12. The van der Waals surface area contributed by atoms with E-state index in [1.54, 1.807) is 71.9 Å². The topological polar surface area (TPSA) is 426 Å². The molecule has 0 fully saturated rings. The number of aliphatic imine (C=N–C) groups is 1. The predicted molar refractivity (Wildman–Crippen MR) is 271 cm³/mol. The fraction of sp³-hybridized carbons (Fsp3) is 0.583. The molecule has 0 radical (unpaired) electrons. The zero-order chi connectivity index (χ0) is 55.8. The normalized spacial score (nSPS) is 14.8. The minimum absolute atomic E-state index is 0.0148. The lowest BCUT2D eigenvalue weighted by Gasteiger charge is -2.27. The summed E-state index contributed by atoms with van der Waals surface area (Å²) in [4.78, 5) is 144. The van der Waals surface area contributed by atoms with Crippen LogP contribution >= 0.6 is 0 Å². The molecular weight excluding hydrogens is 965 g/mol. The molecule has 2 rings (SSSR count). The third kappa shape index (κ3) is 22.8. The molecule has 0 aliphatic carbocycles. The van der Waals surface area contributed by atoms with Gasteiger partial charge < -0.3 is 74.9 Å². The number of benzene rings is 1. The molecule has 0 spiro atoms. The largest absolute Gasteiger partial charge is 0.481 e. The monoisotopic (exact) mass is 1040 g/mol. The Balaban J connectivity index is 2.36. The lowest BCUT2D eigenvalue weighted by atomic mass is 10.0. The van der Waals surface area contributed by atoms with Gasteiger partial charge in [-0.05, 0) is 62.8 Å². The Kier molecular flexibility index (Phi) is 26.2. The zero-order valence-electron chi connectivity index (χ0n) is 43.2. The van der Waals surface area contributed by atoms with Crippen molar-refractivity contribution in [1.82, 2.24) is 52.5 Å². The molecule has 1 aromatic carbocycles. The van der Waals surface area contributed by atoms with Crippen LogP contribution in [0.5, 0.6) is 0 Å². The highest BCUT2D eigenvalue weighted by Gasteiger charge is 2.35. The summed E-state index contributed by atoms with van der Waals surface area (Å²) >= 11 is 0. The minimum Gasteiger partial charge on any atom is -0.481 e. The number of carbonyl (C=O) groups is 10. The van der Waals surface area contributed by atoms with E-state index in [-0.39, 0.29) is 62.9 Å². The first-order chi connectivity index (χ1) is 34.7. The highest BCUT2D eigenvalue weighted by atomic mass is 16.4. The quantitative estimate of drug-likeness (QED) is 0.0210. The fourth-order valence-corrected chi connectivity index (χ4v) is 7.29. The summed E-state index contributed by atoms with van der Waals surface area (Å²) in [6.07, 6.45) is 2.02. The number of carboxylic acid groups (broad SMARTS) is 2. The van der Waals surface area contributed by atoms with Crippen LogP contribution < -0.4 is 59.7 Å². The average Bonchev–Trinajstić information content (AvgIpc) is 3.83. The molecule has 26 heteroatoms. The summed E-state index contributed by atoms with van der Waals surface area (Å²) in [5.41, 5.74) is 18.2. The van der Waals surface area contributed by atoms with Gasteiger partial charge in [0.2, 0.25) is 47.3 Å². The van der Waals surface area contributed by atoms with Crippen molar-refractivity contribution in [3.8, 4) is 0 Å². The number of hydrogen-bond donors (Lipinski definition) is 14. The van der Waals surface area contributed by atoms with Crippen LogP contribution in [0.15, 0.2) is 47.8 Å². The van der Waals surface area contributed by atoms with E-state index in [2.05, 4.69) is 57.5 Å². The first-order valence-corrected chi connectivity index (χ1v) is 24.4. The van der Waals surface area contributed by atoms with Gasteiger partial charge in [0.25, 0.3) is 0 Å². The van der Waals surface area contributed by atoms with Crippen LogP contribution in [0.2, 0.25) is 0 Å². The molecule has 0 saturated heterocycles. The van der Waals surface area contributed by atoms with Crippen LogP contribution in [0.4, 0.5) is 0 Å². The third-order valence-electron chi connectivity index (χ3n) is 11.3. The molecule has 9 atom stereocenters. The van der Waals surface area contributed by atoms with Crippen LogP contribution in [0.1, 0.15) is 98.8 Å². The van der Waals surface area contributed by atoms with Gasteiger partial charge >= 0.3 is 11.9 Å². The van der Waals surface area contributed by atoms with E-state index in [9.17, 15) is 58.2 Å². The summed E-state index contributed by atoms with van der Waals surface area (Å²) in [7, 11) is 0. The summed E-state index contributed by atoms with van der Waals surface area (Å²) in [6, 6.07) is -3.66. The van der Waals surface area contributed by atoms with Gasteiger partial charge in [-0.3, -0.25) is 48.1 Å². The van der Waals surface area contributed by atoms with Crippen molar-refractivity contribution in [3.05, 3.63) is 54.1 Å². The molecule has 8 amide bonds. The van der Waals surface area contributed by atoms with E-state index in [1.807, 2.05) is 0 Å². The molecule has 2 aromatic rings. The van der Waals surface area contributed by atoms with E-state index in [0.29, 0.717) is 11.3 Å².